The van der Waals surface area contributed by atoms with Crippen LogP contribution >= 0.6 is 0 Å². The van der Waals surface area contributed by atoms with Crippen LogP contribution in [0.2, 0.25) is 0 Å². The first-order valence-corrected chi connectivity index (χ1v) is 18.8. The average molecular weight is 649 g/mol. The van der Waals surface area contributed by atoms with Crippen LogP contribution in [0.15, 0.2) is 46.2 Å². The molecule has 0 unspecified atom stereocenters. The van der Waals surface area contributed by atoms with Gasteiger partial charge in [0, 0.05) is 35.3 Å². The molecular formula is C32H48N4O6S2. The number of carbonyl (C=O) groups excluding carboxylic acids is 2. The highest BCUT2D eigenvalue weighted by atomic mass is 32.2. The van der Waals surface area contributed by atoms with E-state index >= 15 is 0 Å². The fourth-order valence-corrected chi connectivity index (χ4v) is 7.76. The molecule has 0 saturated heterocycles. The predicted molar refractivity (Wildman–Crippen MR) is 173 cm³/mol. The zero-order valence-electron chi connectivity index (χ0n) is 26.5. The van der Waals surface area contributed by atoms with Crippen molar-refractivity contribution in [1.82, 2.24) is 19.2 Å². The molecule has 0 radical (unpaired) electrons. The molecule has 244 valence electrons. The Kier molecular flexibility index (Phi) is 13.7. The van der Waals surface area contributed by atoms with Crippen LogP contribution in [0.4, 0.5) is 0 Å². The number of rotatable bonds is 20. The van der Waals surface area contributed by atoms with E-state index in [1.807, 2.05) is 0 Å². The van der Waals surface area contributed by atoms with E-state index in [0.717, 1.165) is 65.0 Å². The fraction of sp³-hybridized carbons (Fsp3) is 0.562. The highest BCUT2D eigenvalue weighted by Gasteiger charge is 2.32. The lowest BCUT2D eigenvalue weighted by molar-refractivity contribution is 0.0978. The molecule has 0 bridgehead atoms. The van der Waals surface area contributed by atoms with Gasteiger partial charge in [-0.2, -0.15) is 0 Å². The molecule has 12 heteroatoms. The number of hydrogen-bond acceptors (Lipinski definition) is 8. The Bertz CT molecular complexity index is 1380. The number of sulfonamides is 2. The van der Waals surface area contributed by atoms with Gasteiger partial charge in [0.15, 0.2) is 11.6 Å². The van der Waals surface area contributed by atoms with Crippen molar-refractivity contribution in [2.24, 2.45) is 0 Å². The van der Waals surface area contributed by atoms with Gasteiger partial charge in [0.2, 0.25) is 20.0 Å². The molecule has 0 aliphatic heterocycles. The second kappa shape index (κ2) is 16.7. The Labute approximate surface area is 263 Å². The second-order valence-corrected chi connectivity index (χ2v) is 14.8. The summed E-state index contributed by atoms with van der Waals surface area (Å²) in [6, 6.07) is 7.73. The summed E-state index contributed by atoms with van der Waals surface area (Å²) in [4.78, 5) is 31.2. The Balaban J connectivity index is 1.70. The maximum atomic E-state index is 13.4. The number of nitrogens with one attached hydrogen (secondary N) is 2. The van der Waals surface area contributed by atoms with Crippen LogP contribution in [0, 0.1) is 0 Å². The third kappa shape index (κ3) is 9.27. The van der Waals surface area contributed by atoms with E-state index in [9.17, 15) is 26.4 Å². The van der Waals surface area contributed by atoms with Gasteiger partial charge in [-0.25, -0.2) is 26.3 Å². The van der Waals surface area contributed by atoms with E-state index < -0.39 is 31.6 Å². The summed E-state index contributed by atoms with van der Waals surface area (Å²) in [5, 5.41) is 0. The van der Waals surface area contributed by atoms with Crippen LogP contribution < -0.4 is 9.44 Å². The minimum atomic E-state index is -3.91. The van der Waals surface area contributed by atoms with Crippen molar-refractivity contribution in [2.45, 2.75) is 76.0 Å². The first-order valence-electron chi connectivity index (χ1n) is 15.8. The monoisotopic (exact) mass is 648 g/mol. The van der Waals surface area contributed by atoms with E-state index in [1.54, 1.807) is 0 Å². The van der Waals surface area contributed by atoms with Crippen molar-refractivity contribution in [1.29, 1.82) is 0 Å². The van der Waals surface area contributed by atoms with Gasteiger partial charge in [0.05, 0.1) is 9.79 Å². The van der Waals surface area contributed by atoms with Crippen LogP contribution in [-0.2, 0) is 20.0 Å². The molecule has 44 heavy (non-hydrogen) atoms. The number of benzene rings is 2. The van der Waals surface area contributed by atoms with Crippen LogP contribution in [0.3, 0.4) is 0 Å². The third-order valence-corrected chi connectivity index (χ3v) is 10.5. The van der Waals surface area contributed by atoms with E-state index in [0.29, 0.717) is 12.8 Å². The lowest BCUT2D eigenvalue weighted by Gasteiger charge is -2.21. The van der Waals surface area contributed by atoms with Gasteiger partial charge in [-0.3, -0.25) is 9.59 Å². The summed E-state index contributed by atoms with van der Waals surface area (Å²) >= 11 is 0. The Hall–Kier alpha value is -2.48. The molecule has 2 aromatic carbocycles. The molecule has 3 rings (SSSR count). The minimum Gasteiger partial charge on any atom is -0.303 e. The molecule has 1 aliphatic carbocycles. The first-order chi connectivity index (χ1) is 21.0. The summed E-state index contributed by atoms with van der Waals surface area (Å²) in [7, 11) is -7.81. The molecule has 10 nitrogen and oxygen atoms in total. The number of ketones is 2. The quantitative estimate of drug-likeness (QED) is 0.176. The molecule has 2 aromatic rings. The molecule has 0 aromatic heterocycles. The molecule has 1 aliphatic rings. The van der Waals surface area contributed by atoms with Gasteiger partial charge in [-0.15, -0.1) is 0 Å². The topological polar surface area (TPSA) is 133 Å². The molecule has 0 amide bonds. The molecule has 0 spiro atoms. The number of carbonyl (C=O) groups is 2. The molecule has 0 fully saturated rings. The van der Waals surface area contributed by atoms with Crippen molar-refractivity contribution in [3.05, 3.63) is 58.7 Å². The minimum absolute atomic E-state index is 0.0140. The van der Waals surface area contributed by atoms with Crippen molar-refractivity contribution < 1.29 is 26.4 Å². The SMILES string of the molecule is CCCN(CCC)CCCNS(=O)(=O)c1ccc2c(c1)C(=O)c1ccc(S(=O)(=O)NCCCN(CCC)CCC)cc1C2=O. The maximum Gasteiger partial charge on any atom is 0.240 e. The Morgan fingerprint density at radius 2 is 0.864 bits per heavy atom. The molecular weight excluding hydrogens is 601 g/mol. The van der Waals surface area contributed by atoms with Gasteiger partial charge >= 0.3 is 0 Å². The van der Waals surface area contributed by atoms with Crippen LogP contribution in [0.25, 0.3) is 0 Å². The Morgan fingerprint density at radius 3 is 1.18 bits per heavy atom. The lowest BCUT2D eigenvalue weighted by atomic mass is 9.84. The van der Waals surface area contributed by atoms with Gasteiger partial charge in [0.1, 0.15) is 0 Å². The van der Waals surface area contributed by atoms with Gasteiger partial charge in [0.25, 0.3) is 0 Å². The third-order valence-electron chi connectivity index (χ3n) is 7.63. The Morgan fingerprint density at radius 1 is 0.523 bits per heavy atom. The number of nitrogens with zero attached hydrogens (tertiary/aromatic N) is 2. The maximum absolute atomic E-state index is 13.4. The summed E-state index contributed by atoms with van der Waals surface area (Å²) in [6.07, 6.45) is 5.41. The highest BCUT2D eigenvalue weighted by Crippen LogP contribution is 2.30. The van der Waals surface area contributed by atoms with Crippen molar-refractivity contribution in [2.75, 3.05) is 52.4 Å². The molecule has 0 saturated carbocycles. The standard InChI is InChI=1S/C32H48N4O6S2/c1-5-17-35(18-6-2)21-9-15-33-43(39,40)25-11-13-27-29(23-25)31(37)28-14-12-26(24-30(28)32(27)38)44(41,42)34-16-10-22-36(19-7-3)20-8-4/h11-14,23-24,33-34H,5-10,15-22H2,1-4H3. The summed E-state index contributed by atoms with van der Waals surface area (Å²) < 4.78 is 57.3. The lowest BCUT2D eigenvalue weighted by Crippen LogP contribution is -2.31. The summed E-state index contributed by atoms with van der Waals surface area (Å²) in [5.74, 6) is -1.05. The van der Waals surface area contributed by atoms with Crippen molar-refractivity contribution >= 4 is 31.6 Å². The van der Waals surface area contributed by atoms with Crippen LogP contribution in [-0.4, -0.2) is 90.6 Å². The normalized spacial score (nSPS) is 13.5. The summed E-state index contributed by atoms with van der Waals surface area (Å²) in [5.41, 5.74) is 0.0658. The fourth-order valence-electron chi connectivity index (χ4n) is 5.56. The largest absolute Gasteiger partial charge is 0.303 e. The average Bonchev–Trinajstić information content (AvgIpc) is 3.00. The van der Waals surface area contributed by atoms with Crippen LogP contribution in [0.1, 0.15) is 98.1 Å². The van der Waals surface area contributed by atoms with Gasteiger partial charge in [-0.05, 0) is 114 Å². The van der Waals surface area contributed by atoms with Crippen LogP contribution in [0.5, 0.6) is 0 Å². The van der Waals surface area contributed by atoms with E-state index in [4.69, 9.17) is 0 Å². The predicted octanol–water partition coefficient (Wildman–Crippen LogP) is 4.04. The van der Waals surface area contributed by atoms with Gasteiger partial charge < -0.3 is 9.80 Å². The molecule has 0 heterocycles. The smallest absolute Gasteiger partial charge is 0.240 e. The van der Waals surface area contributed by atoms with Crippen molar-refractivity contribution in [3.8, 4) is 0 Å². The summed E-state index contributed by atoms with van der Waals surface area (Å²) in [6.45, 7) is 14.4. The number of fused-ring (bicyclic) bond motifs is 2. The van der Waals surface area contributed by atoms with E-state index in [2.05, 4.69) is 46.9 Å². The van der Waals surface area contributed by atoms with Gasteiger partial charge in [-0.1, -0.05) is 27.7 Å². The first kappa shape index (κ1) is 36.0. The zero-order chi connectivity index (χ0) is 32.3. The molecule has 2 N–H and O–H groups in total. The second-order valence-electron chi connectivity index (χ2n) is 11.3. The zero-order valence-corrected chi connectivity index (χ0v) is 28.2. The highest BCUT2D eigenvalue weighted by molar-refractivity contribution is 7.89. The van der Waals surface area contributed by atoms with E-state index in [-0.39, 0.29) is 45.1 Å². The molecule has 0 atom stereocenters. The van der Waals surface area contributed by atoms with Crippen molar-refractivity contribution in [3.63, 3.8) is 0 Å². The van der Waals surface area contributed by atoms with E-state index in [1.165, 1.54) is 36.4 Å². The number of hydrogen-bond donors (Lipinski definition) is 2.